The predicted molar refractivity (Wildman–Crippen MR) is 75.0 cm³/mol. The Labute approximate surface area is 113 Å². The fourth-order valence-corrected chi connectivity index (χ4v) is 1.95. The zero-order valence-corrected chi connectivity index (χ0v) is 11.7. The molecule has 0 atom stereocenters. The Kier molecular flexibility index (Phi) is 3.59. The number of anilines is 2. The van der Waals surface area contributed by atoms with Crippen LogP contribution in [0.3, 0.4) is 0 Å². The number of nitrogens with one attached hydrogen (secondary N) is 1. The van der Waals surface area contributed by atoms with Gasteiger partial charge in [-0.15, -0.1) is 0 Å². The lowest BCUT2D eigenvalue weighted by atomic mass is 9.96. The molecule has 0 saturated carbocycles. The van der Waals surface area contributed by atoms with E-state index in [1.54, 1.807) is 6.07 Å². The Morgan fingerprint density at radius 2 is 2.05 bits per heavy atom. The molecular formula is C13H21N5O. The highest BCUT2D eigenvalue weighted by Gasteiger charge is 2.21. The summed E-state index contributed by atoms with van der Waals surface area (Å²) in [5.41, 5.74) is 5.72. The number of carbonyl (C=O) groups is 1. The summed E-state index contributed by atoms with van der Waals surface area (Å²) in [6, 6.07) is 1.77. The van der Waals surface area contributed by atoms with Crippen molar-refractivity contribution in [1.29, 1.82) is 0 Å². The quantitative estimate of drug-likeness (QED) is 0.778. The van der Waals surface area contributed by atoms with Crippen LogP contribution in [0, 0.1) is 0 Å². The van der Waals surface area contributed by atoms with Crippen LogP contribution < -0.4 is 16.0 Å². The number of hydrogen-bond acceptors (Lipinski definition) is 5. The average molecular weight is 263 g/mol. The number of nitrogens with zero attached hydrogens (tertiary/aromatic N) is 3. The molecule has 3 N–H and O–H groups in total. The highest BCUT2D eigenvalue weighted by Crippen LogP contribution is 2.23. The van der Waals surface area contributed by atoms with Crippen LogP contribution in [-0.4, -0.2) is 35.5 Å². The van der Waals surface area contributed by atoms with Crippen LogP contribution in [-0.2, 0) is 10.2 Å². The Bertz CT molecular complexity index is 480. The van der Waals surface area contributed by atoms with Gasteiger partial charge in [0.15, 0.2) is 0 Å². The highest BCUT2D eigenvalue weighted by molar-refractivity contribution is 5.77. The Morgan fingerprint density at radius 3 is 2.74 bits per heavy atom. The minimum Gasteiger partial charge on any atom is -0.384 e. The first-order valence-electron chi connectivity index (χ1n) is 6.53. The maximum absolute atomic E-state index is 11.4. The summed E-state index contributed by atoms with van der Waals surface area (Å²) in [5, 5.41) is 2.85. The minimum atomic E-state index is -0.149. The van der Waals surface area contributed by atoms with E-state index in [2.05, 4.69) is 41.0 Å². The van der Waals surface area contributed by atoms with Gasteiger partial charge >= 0.3 is 0 Å². The molecular weight excluding hydrogens is 242 g/mol. The zero-order chi connectivity index (χ0) is 14.0. The monoisotopic (exact) mass is 263 g/mol. The largest absolute Gasteiger partial charge is 0.384 e. The first-order chi connectivity index (χ1) is 8.86. The third-order valence-electron chi connectivity index (χ3n) is 3.04. The number of rotatable bonds is 1. The van der Waals surface area contributed by atoms with Gasteiger partial charge in [0.25, 0.3) is 0 Å². The topological polar surface area (TPSA) is 84.1 Å². The van der Waals surface area contributed by atoms with Crippen molar-refractivity contribution in [3.05, 3.63) is 11.9 Å². The van der Waals surface area contributed by atoms with Crippen molar-refractivity contribution in [2.75, 3.05) is 30.3 Å². The van der Waals surface area contributed by atoms with Crippen LogP contribution in [0.15, 0.2) is 6.07 Å². The van der Waals surface area contributed by atoms with Crippen LogP contribution in [0.1, 0.15) is 33.0 Å². The summed E-state index contributed by atoms with van der Waals surface area (Å²) in [6.07, 6.45) is 0.481. The molecule has 0 radical (unpaired) electrons. The normalized spacial score (nSPS) is 17.0. The van der Waals surface area contributed by atoms with E-state index in [9.17, 15) is 4.79 Å². The Hall–Kier alpha value is -1.85. The number of nitrogens with two attached hydrogens (primary N) is 1. The van der Waals surface area contributed by atoms with Crippen molar-refractivity contribution in [1.82, 2.24) is 15.3 Å². The molecule has 0 bridgehead atoms. The molecule has 2 rings (SSSR count). The third-order valence-corrected chi connectivity index (χ3v) is 3.04. The van der Waals surface area contributed by atoms with E-state index in [0.29, 0.717) is 25.3 Å². The molecule has 0 spiro atoms. The summed E-state index contributed by atoms with van der Waals surface area (Å²) in [5.74, 6) is 2.08. The Balaban J connectivity index is 2.29. The van der Waals surface area contributed by atoms with Crippen LogP contribution >= 0.6 is 0 Å². The second-order valence-electron chi connectivity index (χ2n) is 5.81. The van der Waals surface area contributed by atoms with Gasteiger partial charge in [-0.1, -0.05) is 20.8 Å². The maximum atomic E-state index is 11.4. The van der Waals surface area contributed by atoms with E-state index in [4.69, 9.17) is 5.73 Å². The number of amides is 1. The summed E-state index contributed by atoms with van der Waals surface area (Å²) >= 11 is 0. The van der Waals surface area contributed by atoms with Crippen molar-refractivity contribution in [2.24, 2.45) is 0 Å². The van der Waals surface area contributed by atoms with Gasteiger partial charge in [0.2, 0.25) is 5.91 Å². The van der Waals surface area contributed by atoms with Gasteiger partial charge in [0.1, 0.15) is 17.5 Å². The van der Waals surface area contributed by atoms with Crippen LogP contribution in [0.4, 0.5) is 11.6 Å². The minimum absolute atomic E-state index is 0.0839. The lowest BCUT2D eigenvalue weighted by Crippen LogP contribution is -2.30. The predicted octanol–water partition coefficient (Wildman–Crippen LogP) is 0.683. The van der Waals surface area contributed by atoms with E-state index in [1.807, 2.05) is 0 Å². The summed E-state index contributed by atoms with van der Waals surface area (Å²) in [4.78, 5) is 22.3. The van der Waals surface area contributed by atoms with Crippen LogP contribution in [0.2, 0.25) is 0 Å². The lowest BCUT2D eigenvalue weighted by molar-refractivity contribution is -0.120. The molecule has 1 aliphatic rings. The van der Waals surface area contributed by atoms with Gasteiger partial charge in [0, 0.05) is 37.5 Å². The highest BCUT2D eigenvalue weighted by atomic mass is 16.1. The number of hydrogen-bond donors (Lipinski definition) is 2. The standard InChI is InChI=1S/C13H21N5O/c1-13(2,3)12-16-9(14)8-10(17-12)18-6-4-11(19)15-5-7-18/h8H,4-7H2,1-3H3,(H,15,19)(H2,14,16,17). The van der Waals surface area contributed by atoms with E-state index in [1.165, 1.54) is 0 Å². The molecule has 1 aromatic heterocycles. The molecule has 1 amide bonds. The van der Waals surface area contributed by atoms with Gasteiger partial charge in [-0.25, -0.2) is 9.97 Å². The fourth-order valence-electron chi connectivity index (χ4n) is 1.95. The van der Waals surface area contributed by atoms with Crippen molar-refractivity contribution < 1.29 is 4.79 Å². The maximum Gasteiger partial charge on any atom is 0.221 e. The lowest BCUT2D eigenvalue weighted by Gasteiger charge is -2.24. The molecule has 19 heavy (non-hydrogen) atoms. The zero-order valence-electron chi connectivity index (χ0n) is 11.7. The van der Waals surface area contributed by atoms with E-state index in [-0.39, 0.29) is 11.3 Å². The van der Waals surface area contributed by atoms with Gasteiger partial charge in [-0.2, -0.15) is 0 Å². The van der Waals surface area contributed by atoms with Gasteiger partial charge < -0.3 is 16.0 Å². The molecule has 0 aromatic carbocycles. The average Bonchev–Trinajstić information content (AvgIpc) is 2.52. The van der Waals surface area contributed by atoms with E-state index in [0.717, 1.165) is 18.2 Å². The molecule has 0 unspecified atom stereocenters. The summed E-state index contributed by atoms with van der Waals surface area (Å²) in [7, 11) is 0. The van der Waals surface area contributed by atoms with Crippen molar-refractivity contribution in [3.63, 3.8) is 0 Å². The first kappa shape index (κ1) is 13.6. The third kappa shape index (κ3) is 3.33. The SMILES string of the molecule is CC(C)(C)c1nc(N)cc(N2CCNC(=O)CC2)n1. The molecule has 1 aliphatic heterocycles. The number of aromatic nitrogens is 2. The molecule has 1 aromatic rings. The van der Waals surface area contributed by atoms with Crippen molar-refractivity contribution in [3.8, 4) is 0 Å². The first-order valence-corrected chi connectivity index (χ1v) is 6.53. The molecule has 6 nitrogen and oxygen atoms in total. The van der Waals surface area contributed by atoms with Crippen LogP contribution in [0.5, 0.6) is 0 Å². The second kappa shape index (κ2) is 5.03. The summed E-state index contributed by atoms with van der Waals surface area (Å²) < 4.78 is 0. The van der Waals surface area contributed by atoms with Crippen molar-refractivity contribution in [2.45, 2.75) is 32.6 Å². The molecule has 1 fully saturated rings. The molecule has 6 heteroatoms. The summed E-state index contributed by atoms with van der Waals surface area (Å²) in [6.45, 7) is 8.20. The number of nitrogen functional groups attached to an aromatic ring is 1. The van der Waals surface area contributed by atoms with Crippen LogP contribution in [0.25, 0.3) is 0 Å². The molecule has 0 aliphatic carbocycles. The van der Waals surface area contributed by atoms with E-state index < -0.39 is 0 Å². The van der Waals surface area contributed by atoms with E-state index >= 15 is 0 Å². The molecule has 2 heterocycles. The molecule has 1 saturated heterocycles. The number of carbonyl (C=O) groups excluding carboxylic acids is 1. The van der Waals surface area contributed by atoms with Gasteiger partial charge in [0.05, 0.1) is 0 Å². The Morgan fingerprint density at radius 1 is 1.32 bits per heavy atom. The fraction of sp³-hybridized carbons (Fsp3) is 0.615. The smallest absolute Gasteiger partial charge is 0.221 e. The van der Waals surface area contributed by atoms with Crippen molar-refractivity contribution >= 4 is 17.5 Å². The van der Waals surface area contributed by atoms with Gasteiger partial charge in [-0.05, 0) is 0 Å². The molecule has 104 valence electrons. The van der Waals surface area contributed by atoms with Gasteiger partial charge in [-0.3, -0.25) is 4.79 Å². The second-order valence-corrected chi connectivity index (χ2v) is 5.81.